The van der Waals surface area contributed by atoms with Gasteiger partial charge in [0, 0.05) is 47.0 Å². The Bertz CT molecular complexity index is 576. The average molecular weight is 313 g/mol. The highest BCUT2D eigenvalue weighted by Crippen LogP contribution is 2.18. The van der Waals surface area contributed by atoms with Crippen LogP contribution in [0.4, 0.5) is 5.69 Å². The first-order valence-corrected chi connectivity index (χ1v) is 8.13. The summed E-state index contributed by atoms with van der Waals surface area (Å²) >= 11 is 0. The Balaban J connectivity index is 2.75. The number of carbonyl (C=O) groups is 1. The number of rotatable bonds is 7. The van der Waals surface area contributed by atoms with Crippen LogP contribution in [0.15, 0.2) is 33.5 Å². The van der Waals surface area contributed by atoms with E-state index in [1.165, 1.54) is 7.05 Å². The Morgan fingerprint density at radius 3 is 2.43 bits per heavy atom. The van der Waals surface area contributed by atoms with E-state index in [1.807, 2.05) is 0 Å². The predicted octanol–water partition coefficient (Wildman–Crippen LogP) is 1.98. The van der Waals surface area contributed by atoms with E-state index in [1.54, 1.807) is 49.8 Å². The maximum atomic E-state index is 12.6. The van der Waals surface area contributed by atoms with Gasteiger partial charge in [0.05, 0.1) is 4.90 Å². The van der Waals surface area contributed by atoms with Crippen LogP contribution in [0.25, 0.3) is 0 Å². The number of hydrogen-bond donors (Lipinski definition) is 1. The molecule has 0 bridgehead atoms. The fourth-order valence-corrected chi connectivity index (χ4v) is 3.25. The predicted molar refractivity (Wildman–Crippen MR) is 84.6 cm³/mol. The summed E-state index contributed by atoms with van der Waals surface area (Å²) in [6.45, 7) is 0.565. The molecule has 1 amide bonds. The van der Waals surface area contributed by atoms with Crippen molar-refractivity contribution >= 4 is 21.5 Å². The van der Waals surface area contributed by atoms with Gasteiger partial charge < -0.3 is 10.1 Å². The maximum Gasteiger partial charge on any atom is 0.224 e. The quantitative estimate of drug-likeness (QED) is 0.783. The van der Waals surface area contributed by atoms with Gasteiger partial charge in [0.15, 0.2) is 0 Å². The van der Waals surface area contributed by atoms with Gasteiger partial charge in [0.2, 0.25) is 5.91 Å². The Morgan fingerprint density at radius 1 is 1.33 bits per heavy atom. The van der Waals surface area contributed by atoms with Gasteiger partial charge in [-0.15, -0.1) is 0 Å². The zero-order valence-electron chi connectivity index (χ0n) is 13.0. The third kappa shape index (κ3) is 4.80. The van der Waals surface area contributed by atoms with Crippen molar-refractivity contribution in [3.05, 3.63) is 24.3 Å². The lowest BCUT2D eigenvalue weighted by molar-refractivity contribution is -0.116. The number of hydrogen-bond acceptors (Lipinski definition) is 4. The van der Waals surface area contributed by atoms with Crippen LogP contribution in [0.2, 0.25) is 0 Å². The smallest absolute Gasteiger partial charge is 0.224 e. The van der Waals surface area contributed by atoms with Gasteiger partial charge in [-0.05, 0) is 30.7 Å². The van der Waals surface area contributed by atoms with Gasteiger partial charge >= 0.3 is 0 Å². The summed E-state index contributed by atoms with van der Waals surface area (Å²) < 4.78 is 23.1. The number of carbonyl (C=O) groups excluding carboxylic acids is 1. The van der Waals surface area contributed by atoms with E-state index in [0.717, 1.165) is 0 Å². The van der Waals surface area contributed by atoms with Gasteiger partial charge in [0.25, 0.3) is 0 Å². The summed E-state index contributed by atoms with van der Waals surface area (Å²) in [5.74, 6) is -0.0617. The lowest BCUT2D eigenvalue weighted by Gasteiger charge is -2.17. The molecule has 0 aliphatic carbocycles. The van der Waals surface area contributed by atoms with Crippen molar-refractivity contribution < 1.29 is 13.7 Å². The summed E-state index contributed by atoms with van der Waals surface area (Å²) in [5, 5.41) is 2.80. The molecule has 0 aromatic heterocycles. The third-order valence-corrected chi connectivity index (χ3v) is 5.31. The van der Waals surface area contributed by atoms with E-state index in [0.29, 0.717) is 30.0 Å². The zero-order chi connectivity index (χ0) is 15.9. The van der Waals surface area contributed by atoms with Crippen molar-refractivity contribution in [2.75, 3.05) is 40.2 Å². The monoisotopic (exact) mass is 313 g/mol. The van der Waals surface area contributed by atoms with E-state index in [2.05, 4.69) is 9.68 Å². The molecule has 6 nitrogen and oxygen atoms in total. The van der Waals surface area contributed by atoms with Crippen molar-refractivity contribution in [2.45, 2.75) is 17.7 Å². The van der Waals surface area contributed by atoms with E-state index in [9.17, 15) is 9.00 Å². The Morgan fingerprint density at radius 2 is 1.95 bits per heavy atom. The minimum atomic E-state index is -2.56. The Hall–Kier alpha value is -1.44. The molecule has 1 atom stereocenters. The van der Waals surface area contributed by atoms with Crippen LogP contribution in [0.1, 0.15) is 12.8 Å². The molecule has 0 saturated carbocycles. The molecule has 0 spiro atoms. The molecule has 0 aliphatic heterocycles. The van der Waals surface area contributed by atoms with Crippen LogP contribution in [0.3, 0.4) is 0 Å². The maximum absolute atomic E-state index is 12.6. The van der Waals surface area contributed by atoms with E-state index in [4.69, 9.17) is 4.74 Å². The molecule has 1 unspecified atom stereocenters. The van der Waals surface area contributed by atoms with Gasteiger partial charge in [-0.2, -0.15) is 0 Å². The highest BCUT2D eigenvalue weighted by Gasteiger charge is 2.14. The third-order valence-electron chi connectivity index (χ3n) is 2.94. The van der Waals surface area contributed by atoms with Crippen LogP contribution in [0.5, 0.6) is 0 Å². The fraction of sp³-hybridized carbons (Fsp3) is 0.500. The highest BCUT2D eigenvalue weighted by atomic mass is 32.2. The first-order valence-electron chi connectivity index (χ1n) is 6.65. The van der Waals surface area contributed by atoms with Crippen LogP contribution >= 0.6 is 0 Å². The standard InChI is InChI=1S/C14H23N3O3S/c1-15-21(19,17(2)3)13-9-7-12(8-10-13)16-14(18)6-5-11-20-4/h7-10H,5-6,11H2,1-4H3,(H,16,18). The van der Waals surface area contributed by atoms with Crippen molar-refractivity contribution in [1.29, 1.82) is 0 Å². The van der Waals surface area contributed by atoms with Crippen molar-refractivity contribution in [1.82, 2.24) is 4.31 Å². The molecule has 1 rings (SSSR count). The summed E-state index contributed by atoms with van der Waals surface area (Å²) in [5.41, 5.74) is 0.678. The summed E-state index contributed by atoms with van der Waals surface area (Å²) in [4.78, 5) is 12.3. The van der Waals surface area contributed by atoms with Crippen LogP contribution in [-0.4, -0.2) is 49.3 Å². The molecule has 0 radical (unpaired) electrons. The number of nitrogens with zero attached hydrogens (tertiary/aromatic N) is 2. The number of ether oxygens (including phenoxy) is 1. The molecule has 21 heavy (non-hydrogen) atoms. The van der Waals surface area contributed by atoms with Gasteiger partial charge in [0.1, 0.15) is 9.92 Å². The van der Waals surface area contributed by atoms with E-state index in [-0.39, 0.29) is 5.91 Å². The summed E-state index contributed by atoms with van der Waals surface area (Å²) in [6, 6.07) is 6.91. The number of methoxy groups -OCH3 is 1. The average Bonchev–Trinajstić information content (AvgIpc) is 2.47. The van der Waals surface area contributed by atoms with Gasteiger partial charge in [-0.25, -0.2) is 12.9 Å². The topological polar surface area (TPSA) is 71.0 Å². The molecule has 0 aliphatic rings. The van der Waals surface area contributed by atoms with Gasteiger partial charge in [-0.3, -0.25) is 4.79 Å². The first-order chi connectivity index (χ1) is 9.93. The number of nitrogens with one attached hydrogen (secondary N) is 1. The van der Waals surface area contributed by atoms with Crippen LogP contribution in [-0.2, 0) is 19.4 Å². The molecule has 0 fully saturated rings. The molecule has 0 heterocycles. The van der Waals surface area contributed by atoms with Crippen LogP contribution in [0, 0.1) is 0 Å². The second-order valence-corrected chi connectivity index (χ2v) is 7.22. The first kappa shape index (κ1) is 17.6. The number of benzene rings is 1. The SMILES string of the molecule is CN=S(=O)(c1ccc(NC(=O)CCCOC)cc1)N(C)C. The van der Waals surface area contributed by atoms with Crippen molar-refractivity contribution in [3.63, 3.8) is 0 Å². The molecule has 1 aromatic rings. The van der Waals surface area contributed by atoms with Gasteiger partial charge in [-0.1, -0.05) is 0 Å². The van der Waals surface area contributed by atoms with Crippen LogP contribution < -0.4 is 5.32 Å². The Kier molecular flexibility index (Phi) is 6.80. The fourth-order valence-electron chi connectivity index (χ4n) is 1.80. The number of amides is 1. The number of anilines is 1. The lowest BCUT2D eigenvalue weighted by Crippen LogP contribution is -2.22. The normalized spacial score (nSPS) is 13.8. The molecular formula is C14H23N3O3S. The molecule has 7 heteroatoms. The lowest BCUT2D eigenvalue weighted by atomic mass is 10.2. The van der Waals surface area contributed by atoms with Crippen molar-refractivity contribution in [2.24, 2.45) is 4.36 Å². The molecule has 0 saturated heterocycles. The molecule has 1 N–H and O–H groups in total. The Labute approximate surface area is 126 Å². The minimum Gasteiger partial charge on any atom is -0.385 e. The molecule has 118 valence electrons. The second kappa shape index (κ2) is 8.11. The van der Waals surface area contributed by atoms with Crippen molar-refractivity contribution in [3.8, 4) is 0 Å². The minimum absolute atomic E-state index is 0.0617. The zero-order valence-corrected chi connectivity index (χ0v) is 13.8. The summed E-state index contributed by atoms with van der Waals surface area (Å²) in [7, 11) is 4.03. The molecule has 1 aromatic carbocycles. The summed E-state index contributed by atoms with van der Waals surface area (Å²) in [6.07, 6.45) is 1.10. The van der Waals surface area contributed by atoms with E-state index >= 15 is 0 Å². The molecular weight excluding hydrogens is 290 g/mol. The second-order valence-electron chi connectivity index (χ2n) is 4.66. The van der Waals surface area contributed by atoms with E-state index < -0.39 is 9.92 Å². The highest BCUT2D eigenvalue weighted by molar-refractivity contribution is 7.91. The largest absolute Gasteiger partial charge is 0.385 e.